The molecule has 0 aliphatic rings. The third kappa shape index (κ3) is 7.12. The molecule has 5 aromatic rings. The number of H-pyrrole nitrogens is 1. The van der Waals surface area contributed by atoms with Gasteiger partial charge in [-0.15, -0.1) is 5.10 Å². The fourth-order valence-electron chi connectivity index (χ4n) is 4.44. The zero-order valence-corrected chi connectivity index (χ0v) is 23.9. The molecule has 0 saturated heterocycles. The molecule has 13 heteroatoms. The molecule has 0 radical (unpaired) electrons. The van der Waals surface area contributed by atoms with Gasteiger partial charge in [0, 0.05) is 22.7 Å². The summed E-state index contributed by atoms with van der Waals surface area (Å²) in [7, 11) is 1.30. The number of imidazole rings is 1. The standard InChI is InChI=1S/C29H26Cl2N8O3/c1-42-29(41)33-22-11-7-19(8-12-22)26-27(31)36-28(35-26)23(15-18-5-3-2-4-6-18)34-25(40)14-9-20-16-21(30)10-13-24(20)39-17-32-37-38-39/h2-8,10-13,16-17,23H,9,14-15H2,1H3,(H,33,41)(H,34,40)(H,35,36). The van der Waals surface area contributed by atoms with Gasteiger partial charge >= 0.3 is 6.09 Å². The number of anilines is 1. The van der Waals surface area contributed by atoms with E-state index in [1.165, 1.54) is 18.1 Å². The van der Waals surface area contributed by atoms with Crippen LogP contribution in [0.4, 0.5) is 10.5 Å². The van der Waals surface area contributed by atoms with E-state index >= 15 is 0 Å². The van der Waals surface area contributed by atoms with Gasteiger partial charge in [0.05, 0.1) is 18.8 Å². The van der Waals surface area contributed by atoms with Gasteiger partial charge in [-0.25, -0.2) is 14.5 Å². The number of methoxy groups -OCH3 is 1. The average Bonchev–Trinajstić information content (AvgIpc) is 3.67. The average molecular weight is 605 g/mol. The van der Waals surface area contributed by atoms with E-state index in [0.717, 1.165) is 22.4 Å². The number of carbonyl (C=O) groups excluding carboxylic acids is 2. The van der Waals surface area contributed by atoms with Crippen LogP contribution in [-0.4, -0.2) is 49.3 Å². The molecule has 11 nitrogen and oxygen atoms in total. The number of aryl methyl sites for hydroxylation is 1. The molecular weight excluding hydrogens is 579 g/mol. The van der Waals surface area contributed by atoms with Crippen molar-refractivity contribution in [1.82, 2.24) is 35.5 Å². The largest absolute Gasteiger partial charge is 0.453 e. The number of carbonyl (C=O) groups is 2. The Kier molecular flexibility index (Phi) is 9.10. The van der Waals surface area contributed by atoms with Crippen LogP contribution in [0.1, 0.15) is 29.4 Å². The Hall–Kier alpha value is -4.74. The number of nitrogens with zero attached hydrogens (tertiary/aromatic N) is 5. The van der Waals surface area contributed by atoms with Crippen molar-refractivity contribution in [3.63, 3.8) is 0 Å². The summed E-state index contributed by atoms with van der Waals surface area (Å²) in [4.78, 5) is 32.7. The molecule has 3 N–H and O–H groups in total. The van der Waals surface area contributed by atoms with Crippen LogP contribution in [0.2, 0.25) is 10.2 Å². The summed E-state index contributed by atoms with van der Waals surface area (Å²) in [6.45, 7) is 0. The van der Waals surface area contributed by atoms with Gasteiger partial charge < -0.3 is 15.0 Å². The second-order valence-corrected chi connectivity index (χ2v) is 10.1. The van der Waals surface area contributed by atoms with Crippen LogP contribution in [0.15, 0.2) is 79.1 Å². The number of amides is 2. The van der Waals surface area contributed by atoms with Crippen molar-refractivity contribution < 1.29 is 14.3 Å². The van der Waals surface area contributed by atoms with Crippen LogP contribution in [0.25, 0.3) is 16.9 Å². The Balaban J connectivity index is 1.34. The Labute approximate surface area is 251 Å². The predicted octanol–water partition coefficient (Wildman–Crippen LogP) is 5.57. The zero-order chi connectivity index (χ0) is 29.5. The van der Waals surface area contributed by atoms with Crippen LogP contribution in [0, 0.1) is 0 Å². The Morgan fingerprint density at radius 2 is 1.83 bits per heavy atom. The molecule has 0 aliphatic heterocycles. The third-order valence-electron chi connectivity index (χ3n) is 6.47. The van der Waals surface area contributed by atoms with Crippen molar-refractivity contribution in [2.45, 2.75) is 25.3 Å². The number of rotatable bonds is 10. The van der Waals surface area contributed by atoms with Gasteiger partial charge in [0.2, 0.25) is 5.91 Å². The van der Waals surface area contributed by atoms with Gasteiger partial charge in [-0.2, -0.15) is 0 Å². The molecule has 0 bridgehead atoms. The van der Waals surface area contributed by atoms with Crippen molar-refractivity contribution in [3.8, 4) is 16.9 Å². The first-order valence-electron chi connectivity index (χ1n) is 13.0. The topological polar surface area (TPSA) is 140 Å². The molecule has 2 aromatic heterocycles. The lowest BCUT2D eigenvalue weighted by Gasteiger charge is -2.17. The van der Waals surface area contributed by atoms with E-state index < -0.39 is 12.1 Å². The highest BCUT2D eigenvalue weighted by atomic mass is 35.5. The first-order valence-corrected chi connectivity index (χ1v) is 13.7. The SMILES string of the molecule is COC(=O)Nc1ccc(-c2nc(C(Cc3ccccc3)NC(=O)CCc3cc(Cl)ccc3-n3cnnn3)[nH]c2Cl)cc1. The van der Waals surface area contributed by atoms with E-state index in [0.29, 0.717) is 40.2 Å². The summed E-state index contributed by atoms with van der Waals surface area (Å²) in [5, 5.41) is 18.0. The Morgan fingerprint density at radius 1 is 1.05 bits per heavy atom. The van der Waals surface area contributed by atoms with Gasteiger partial charge in [0.15, 0.2) is 0 Å². The lowest BCUT2D eigenvalue weighted by atomic mass is 10.0. The molecule has 214 valence electrons. The molecule has 5 rings (SSSR count). The van der Waals surface area contributed by atoms with Crippen LogP contribution >= 0.6 is 23.2 Å². The second kappa shape index (κ2) is 13.3. The quantitative estimate of drug-likeness (QED) is 0.189. The van der Waals surface area contributed by atoms with Gasteiger partial charge in [-0.05, 0) is 64.7 Å². The van der Waals surface area contributed by atoms with Crippen LogP contribution < -0.4 is 10.6 Å². The fraction of sp³-hybridized carbons (Fsp3) is 0.172. The number of nitrogens with one attached hydrogen (secondary N) is 3. The maximum Gasteiger partial charge on any atom is 0.411 e. The third-order valence-corrected chi connectivity index (χ3v) is 6.98. The number of aromatic amines is 1. The van der Waals surface area contributed by atoms with E-state index in [4.69, 9.17) is 28.2 Å². The minimum Gasteiger partial charge on any atom is -0.453 e. The lowest BCUT2D eigenvalue weighted by molar-refractivity contribution is -0.121. The molecule has 3 aromatic carbocycles. The molecule has 1 atom stereocenters. The van der Waals surface area contributed by atoms with Crippen molar-refractivity contribution >= 4 is 40.9 Å². The molecule has 2 heterocycles. The first kappa shape index (κ1) is 28.8. The summed E-state index contributed by atoms with van der Waals surface area (Å²) < 4.78 is 6.16. The second-order valence-electron chi connectivity index (χ2n) is 9.32. The number of aromatic nitrogens is 6. The summed E-state index contributed by atoms with van der Waals surface area (Å²) in [5.41, 5.74) is 4.42. The Morgan fingerprint density at radius 3 is 2.55 bits per heavy atom. The number of halogens is 2. The molecular formula is C29H26Cl2N8O3. The van der Waals surface area contributed by atoms with Crippen LogP contribution in [-0.2, 0) is 22.4 Å². The monoisotopic (exact) mass is 604 g/mol. The van der Waals surface area contributed by atoms with Crippen molar-refractivity contribution in [1.29, 1.82) is 0 Å². The molecule has 42 heavy (non-hydrogen) atoms. The van der Waals surface area contributed by atoms with Crippen LogP contribution in [0.5, 0.6) is 0 Å². The van der Waals surface area contributed by atoms with Crippen LogP contribution in [0.3, 0.4) is 0 Å². The number of hydrogen-bond donors (Lipinski definition) is 3. The molecule has 0 fully saturated rings. The summed E-state index contributed by atoms with van der Waals surface area (Å²) >= 11 is 12.8. The van der Waals surface area contributed by atoms with E-state index in [1.807, 2.05) is 36.4 Å². The highest BCUT2D eigenvalue weighted by Crippen LogP contribution is 2.30. The van der Waals surface area contributed by atoms with Crippen molar-refractivity contribution in [2.75, 3.05) is 12.4 Å². The van der Waals surface area contributed by atoms with E-state index in [2.05, 4.69) is 35.9 Å². The fourth-order valence-corrected chi connectivity index (χ4v) is 4.88. The minimum atomic E-state index is -0.565. The van der Waals surface area contributed by atoms with Gasteiger partial charge in [0.25, 0.3) is 0 Å². The Bertz CT molecular complexity index is 1660. The van der Waals surface area contributed by atoms with E-state index in [-0.39, 0.29) is 12.3 Å². The van der Waals surface area contributed by atoms with Gasteiger partial charge in [-0.1, -0.05) is 65.7 Å². The van der Waals surface area contributed by atoms with E-state index in [1.54, 1.807) is 36.4 Å². The molecule has 0 aliphatic carbocycles. The number of tetrazole rings is 1. The summed E-state index contributed by atoms with van der Waals surface area (Å²) in [5.74, 6) is 0.340. The molecule has 0 saturated carbocycles. The van der Waals surface area contributed by atoms with Crippen molar-refractivity contribution in [3.05, 3.63) is 106 Å². The summed E-state index contributed by atoms with van der Waals surface area (Å²) in [6.07, 6.45) is 2.02. The summed E-state index contributed by atoms with van der Waals surface area (Å²) in [6, 6.07) is 21.7. The highest BCUT2D eigenvalue weighted by molar-refractivity contribution is 6.32. The maximum absolute atomic E-state index is 13.3. The molecule has 2 amide bonds. The molecule has 1 unspecified atom stereocenters. The highest BCUT2D eigenvalue weighted by Gasteiger charge is 2.22. The number of hydrogen-bond acceptors (Lipinski definition) is 7. The zero-order valence-electron chi connectivity index (χ0n) is 22.4. The first-order chi connectivity index (χ1) is 20.4. The normalized spacial score (nSPS) is 11.6. The minimum absolute atomic E-state index is 0.175. The maximum atomic E-state index is 13.3. The number of benzene rings is 3. The van der Waals surface area contributed by atoms with E-state index in [9.17, 15) is 9.59 Å². The number of ether oxygens (including phenoxy) is 1. The van der Waals surface area contributed by atoms with Gasteiger partial charge in [0.1, 0.15) is 23.0 Å². The predicted molar refractivity (Wildman–Crippen MR) is 159 cm³/mol. The molecule has 0 spiro atoms. The smallest absolute Gasteiger partial charge is 0.411 e. The lowest BCUT2D eigenvalue weighted by Crippen LogP contribution is -2.31. The van der Waals surface area contributed by atoms with Crippen molar-refractivity contribution in [2.24, 2.45) is 0 Å². The van der Waals surface area contributed by atoms with Gasteiger partial charge in [-0.3, -0.25) is 10.1 Å².